The van der Waals surface area contributed by atoms with E-state index >= 15 is 0 Å². The molecule has 30 heavy (non-hydrogen) atoms. The highest BCUT2D eigenvalue weighted by atomic mass is 16.4. The standard InChI is InChI=1S/C25H23NO4/c27-22-20-5-4-18(25-11-14-6-15(12-25)8-16(7-14)13-25)10-21(20)23(28)26(22)19-3-1-2-17(9-19)24(29)30/h1-5,9-10,14-16H,6-8,11-13H2,(H,29,30). The Morgan fingerprint density at radius 3 is 2.13 bits per heavy atom. The average Bonchev–Trinajstić information content (AvgIpc) is 2.97. The Morgan fingerprint density at radius 1 is 0.867 bits per heavy atom. The number of benzene rings is 2. The van der Waals surface area contributed by atoms with Gasteiger partial charge < -0.3 is 5.11 Å². The zero-order chi connectivity index (χ0) is 20.6. The lowest BCUT2D eigenvalue weighted by molar-refractivity contribution is -0.00520. The molecule has 152 valence electrons. The predicted octanol–water partition coefficient (Wildman–Crippen LogP) is 4.65. The first-order valence-corrected chi connectivity index (χ1v) is 10.8. The predicted molar refractivity (Wildman–Crippen MR) is 111 cm³/mol. The molecular formula is C25H23NO4. The van der Waals surface area contributed by atoms with E-state index in [9.17, 15) is 19.5 Å². The van der Waals surface area contributed by atoms with E-state index in [1.165, 1.54) is 56.2 Å². The Hall–Kier alpha value is -2.95. The SMILES string of the molecule is O=C(O)c1cccc(N2C(=O)c3ccc(C45CC6CC(CC(C6)C4)C5)cc3C2=O)c1. The van der Waals surface area contributed by atoms with Crippen LogP contribution in [-0.4, -0.2) is 22.9 Å². The number of carbonyl (C=O) groups is 3. The summed E-state index contributed by atoms with van der Waals surface area (Å²) in [7, 11) is 0. The molecule has 5 aliphatic rings. The van der Waals surface area contributed by atoms with Crippen LogP contribution in [0.25, 0.3) is 0 Å². The molecule has 0 saturated heterocycles. The number of nitrogens with zero attached hydrogens (tertiary/aromatic N) is 1. The van der Waals surface area contributed by atoms with E-state index in [4.69, 9.17) is 0 Å². The van der Waals surface area contributed by atoms with Gasteiger partial charge in [-0.1, -0.05) is 12.1 Å². The summed E-state index contributed by atoms with van der Waals surface area (Å²) in [6.45, 7) is 0. The van der Waals surface area contributed by atoms with Crippen molar-refractivity contribution in [3.8, 4) is 0 Å². The van der Waals surface area contributed by atoms with Crippen LogP contribution in [0.2, 0.25) is 0 Å². The third-order valence-corrected chi connectivity index (χ3v) is 7.89. The summed E-state index contributed by atoms with van der Waals surface area (Å²) in [5, 5.41) is 9.26. The lowest BCUT2D eigenvalue weighted by Gasteiger charge is -2.57. The fourth-order valence-electron chi connectivity index (χ4n) is 7.05. The summed E-state index contributed by atoms with van der Waals surface area (Å²) in [4.78, 5) is 38.7. The largest absolute Gasteiger partial charge is 0.478 e. The van der Waals surface area contributed by atoms with E-state index in [0.29, 0.717) is 16.8 Å². The Labute approximate surface area is 174 Å². The Kier molecular flexibility index (Phi) is 3.59. The minimum Gasteiger partial charge on any atom is -0.478 e. The van der Waals surface area contributed by atoms with Crippen molar-refractivity contribution in [1.82, 2.24) is 0 Å². The van der Waals surface area contributed by atoms with Crippen LogP contribution in [0.1, 0.15) is 75.2 Å². The van der Waals surface area contributed by atoms with Gasteiger partial charge in [-0.3, -0.25) is 9.59 Å². The molecule has 0 aromatic heterocycles. The second kappa shape index (κ2) is 6.03. The Balaban J connectivity index is 1.38. The molecule has 0 unspecified atom stereocenters. The van der Waals surface area contributed by atoms with Gasteiger partial charge in [-0.25, -0.2) is 9.69 Å². The van der Waals surface area contributed by atoms with E-state index in [2.05, 4.69) is 6.07 Å². The molecule has 4 aliphatic carbocycles. The van der Waals surface area contributed by atoms with Gasteiger partial charge in [0.05, 0.1) is 22.4 Å². The number of hydrogen-bond donors (Lipinski definition) is 1. The molecule has 4 fully saturated rings. The van der Waals surface area contributed by atoms with Gasteiger partial charge in [-0.05, 0) is 97.6 Å². The molecule has 4 saturated carbocycles. The molecule has 0 atom stereocenters. The molecule has 4 bridgehead atoms. The zero-order valence-electron chi connectivity index (χ0n) is 16.6. The van der Waals surface area contributed by atoms with Crippen molar-refractivity contribution in [1.29, 1.82) is 0 Å². The molecule has 1 heterocycles. The zero-order valence-corrected chi connectivity index (χ0v) is 16.6. The number of carbonyl (C=O) groups excluding carboxylic acids is 2. The Morgan fingerprint density at radius 2 is 1.50 bits per heavy atom. The van der Waals surface area contributed by atoms with Crippen molar-refractivity contribution in [3.63, 3.8) is 0 Å². The van der Waals surface area contributed by atoms with Crippen molar-refractivity contribution in [2.24, 2.45) is 17.8 Å². The number of anilines is 1. The second-order valence-corrected chi connectivity index (χ2v) is 9.76. The van der Waals surface area contributed by atoms with Gasteiger partial charge in [0.2, 0.25) is 0 Å². The molecule has 1 aliphatic heterocycles. The van der Waals surface area contributed by atoms with Gasteiger partial charge in [0.1, 0.15) is 0 Å². The third kappa shape index (κ3) is 2.44. The maximum atomic E-state index is 13.2. The first-order valence-electron chi connectivity index (χ1n) is 10.8. The molecule has 1 N–H and O–H groups in total. The van der Waals surface area contributed by atoms with E-state index in [1.54, 1.807) is 12.1 Å². The van der Waals surface area contributed by atoms with Gasteiger partial charge in [-0.2, -0.15) is 0 Å². The number of carboxylic acid groups (broad SMARTS) is 1. The van der Waals surface area contributed by atoms with E-state index in [0.717, 1.165) is 22.7 Å². The van der Waals surface area contributed by atoms with Crippen LogP contribution in [0.5, 0.6) is 0 Å². The van der Waals surface area contributed by atoms with E-state index in [-0.39, 0.29) is 22.8 Å². The maximum Gasteiger partial charge on any atom is 0.335 e. The molecule has 0 spiro atoms. The number of imide groups is 1. The van der Waals surface area contributed by atoms with Gasteiger partial charge in [-0.15, -0.1) is 0 Å². The van der Waals surface area contributed by atoms with Crippen LogP contribution in [0.4, 0.5) is 5.69 Å². The van der Waals surface area contributed by atoms with Crippen LogP contribution < -0.4 is 4.90 Å². The quantitative estimate of drug-likeness (QED) is 0.760. The van der Waals surface area contributed by atoms with E-state index < -0.39 is 5.97 Å². The topological polar surface area (TPSA) is 74.7 Å². The van der Waals surface area contributed by atoms with Crippen LogP contribution in [-0.2, 0) is 5.41 Å². The molecule has 2 aromatic rings. The van der Waals surface area contributed by atoms with Crippen LogP contribution >= 0.6 is 0 Å². The molecule has 2 aromatic carbocycles. The number of hydrogen-bond acceptors (Lipinski definition) is 3. The molecule has 7 rings (SSSR count). The Bertz CT molecular complexity index is 1080. The van der Waals surface area contributed by atoms with Gasteiger partial charge >= 0.3 is 5.97 Å². The summed E-state index contributed by atoms with van der Waals surface area (Å²) < 4.78 is 0. The molecular weight excluding hydrogens is 378 g/mol. The van der Waals surface area contributed by atoms with Gasteiger partial charge in [0.15, 0.2) is 0 Å². The number of fused-ring (bicyclic) bond motifs is 1. The first kappa shape index (κ1) is 17.9. The van der Waals surface area contributed by atoms with Crippen LogP contribution in [0.3, 0.4) is 0 Å². The maximum absolute atomic E-state index is 13.2. The normalized spacial score (nSPS) is 31.3. The lowest BCUT2D eigenvalue weighted by atomic mass is 9.48. The first-order chi connectivity index (χ1) is 14.4. The van der Waals surface area contributed by atoms with Crippen molar-refractivity contribution >= 4 is 23.5 Å². The van der Waals surface area contributed by atoms with Crippen LogP contribution in [0, 0.1) is 17.8 Å². The molecule has 5 nitrogen and oxygen atoms in total. The number of amides is 2. The smallest absolute Gasteiger partial charge is 0.335 e. The summed E-state index contributed by atoms with van der Waals surface area (Å²) in [5.41, 5.74) is 2.59. The van der Waals surface area contributed by atoms with Crippen molar-refractivity contribution in [3.05, 3.63) is 64.7 Å². The van der Waals surface area contributed by atoms with Gasteiger partial charge in [0.25, 0.3) is 11.8 Å². The minimum absolute atomic E-state index is 0.0540. The monoisotopic (exact) mass is 401 g/mol. The molecule has 2 amide bonds. The summed E-state index contributed by atoms with van der Waals surface area (Å²) in [5.74, 6) is 0.586. The number of aromatic carboxylic acids is 1. The highest BCUT2D eigenvalue weighted by Gasteiger charge is 2.52. The highest BCUT2D eigenvalue weighted by molar-refractivity contribution is 6.34. The summed E-state index contributed by atoms with van der Waals surface area (Å²) in [6, 6.07) is 11.8. The second-order valence-electron chi connectivity index (χ2n) is 9.76. The highest BCUT2D eigenvalue weighted by Crippen LogP contribution is 2.60. The van der Waals surface area contributed by atoms with E-state index in [1.807, 2.05) is 12.1 Å². The summed E-state index contributed by atoms with van der Waals surface area (Å²) in [6.07, 6.45) is 7.67. The fraction of sp³-hybridized carbons (Fsp3) is 0.400. The van der Waals surface area contributed by atoms with Crippen molar-refractivity contribution in [2.45, 2.75) is 43.9 Å². The number of rotatable bonds is 3. The molecule has 5 heteroatoms. The fourth-order valence-corrected chi connectivity index (χ4v) is 7.05. The van der Waals surface area contributed by atoms with Crippen LogP contribution in [0.15, 0.2) is 42.5 Å². The van der Waals surface area contributed by atoms with Gasteiger partial charge in [0, 0.05) is 0 Å². The average molecular weight is 401 g/mol. The minimum atomic E-state index is -1.09. The molecule has 0 radical (unpaired) electrons. The summed E-state index contributed by atoms with van der Waals surface area (Å²) >= 11 is 0. The van der Waals surface area contributed by atoms with Crippen molar-refractivity contribution in [2.75, 3.05) is 4.90 Å². The lowest BCUT2D eigenvalue weighted by Crippen LogP contribution is -2.48. The van der Waals surface area contributed by atoms with Crippen molar-refractivity contribution < 1.29 is 19.5 Å². The third-order valence-electron chi connectivity index (χ3n) is 7.89. The number of carboxylic acids is 1.